The van der Waals surface area contributed by atoms with Gasteiger partial charge in [-0.25, -0.2) is 13.2 Å². The van der Waals surface area contributed by atoms with Crippen LogP contribution in [0.5, 0.6) is 0 Å². The van der Waals surface area contributed by atoms with Crippen LogP contribution in [-0.4, -0.2) is 14.9 Å². The molecule has 0 aliphatic heterocycles. The summed E-state index contributed by atoms with van der Waals surface area (Å²) < 4.78 is 44.6. The maximum absolute atomic E-state index is 13.0. The van der Waals surface area contributed by atoms with Crippen LogP contribution in [0.4, 0.5) is 13.2 Å². The van der Waals surface area contributed by atoms with Gasteiger partial charge in [0.15, 0.2) is 25.8 Å². The van der Waals surface area contributed by atoms with Crippen LogP contribution in [0.2, 0.25) is 19.1 Å². The molecule has 1 aromatic carbocycles. The van der Waals surface area contributed by atoms with Crippen molar-refractivity contribution in [3.05, 3.63) is 35.1 Å². The number of unbranched alkanes of at least 4 members (excludes halogenated alkanes) is 2. The second-order valence-corrected chi connectivity index (χ2v) is 9.93. The lowest BCUT2D eigenvalue weighted by Crippen LogP contribution is -2.29. The monoisotopic (exact) mass is 304 g/mol. The van der Waals surface area contributed by atoms with Gasteiger partial charge < -0.3 is 4.43 Å². The summed E-state index contributed by atoms with van der Waals surface area (Å²) in [5.41, 5.74) is 0.516. The highest BCUT2D eigenvalue weighted by Crippen LogP contribution is 2.18. The topological polar surface area (TPSA) is 9.23 Å². The lowest BCUT2D eigenvalue weighted by atomic mass is 10.1. The van der Waals surface area contributed by atoms with Crippen molar-refractivity contribution in [2.45, 2.75) is 51.7 Å². The van der Waals surface area contributed by atoms with Gasteiger partial charge in [0.2, 0.25) is 0 Å². The summed E-state index contributed by atoms with van der Waals surface area (Å²) >= 11 is 0. The average Bonchev–Trinajstić information content (AvgIpc) is 2.35. The van der Waals surface area contributed by atoms with E-state index in [2.05, 4.69) is 13.1 Å². The predicted octanol–water partition coefficient (Wildman–Crippen LogP) is 5.06. The van der Waals surface area contributed by atoms with Crippen molar-refractivity contribution >= 4 is 8.32 Å². The van der Waals surface area contributed by atoms with E-state index >= 15 is 0 Å². The Balaban J connectivity index is 2.32. The third-order valence-electron chi connectivity index (χ3n) is 3.32. The molecule has 0 aromatic heterocycles. The Labute approximate surface area is 120 Å². The molecule has 0 saturated carbocycles. The van der Waals surface area contributed by atoms with Crippen LogP contribution in [0.25, 0.3) is 0 Å². The summed E-state index contributed by atoms with van der Waals surface area (Å²) in [6.45, 7) is 7.15. The lowest BCUT2D eigenvalue weighted by molar-refractivity contribution is 0.327. The molecule has 0 atom stereocenters. The molecule has 1 aromatic rings. The molecule has 1 nitrogen and oxygen atoms in total. The van der Waals surface area contributed by atoms with E-state index in [1.54, 1.807) is 0 Å². The summed E-state index contributed by atoms with van der Waals surface area (Å²) in [6, 6.07) is 3.25. The van der Waals surface area contributed by atoms with Crippen LogP contribution in [-0.2, 0) is 10.8 Å². The molecular weight excluding hydrogens is 281 g/mol. The van der Waals surface area contributed by atoms with Gasteiger partial charge in [-0.1, -0.05) is 12.8 Å². The van der Waals surface area contributed by atoms with Crippen molar-refractivity contribution in [3.8, 4) is 0 Å². The van der Waals surface area contributed by atoms with E-state index in [0.29, 0.717) is 12.0 Å². The SMILES string of the molecule is CCO[Si](C)(C)CCCCCc1cc(F)c(F)c(F)c1. The third kappa shape index (κ3) is 5.67. The second kappa shape index (κ2) is 7.83. The number of rotatable bonds is 8. The van der Waals surface area contributed by atoms with Crippen LogP contribution in [0, 0.1) is 17.5 Å². The van der Waals surface area contributed by atoms with Crippen molar-refractivity contribution in [3.63, 3.8) is 0 Å². The Morgan fingerprint density at radius 2 is 1.60 bits per heavy atom. The smallest absolute Gasteiger partial charge is 0.194 e. The van der Waals surface area contributed by atoms with Crippen molar-refractivity contribution in [2.24, 2.45) is 0 Å². The van der Waals surface area contributed by atoms with E-state index in [-0.39, 0.29) is 0 Å². The maximum atomic E-state index is 13.0. The summed E-state index contributed by atoms with van der Waals surface area (Å²) in [6.07, 6.45) is 3.47. The van der Waals surface area contributed by atoms with E-state index in [9.17, 15) is 13.2 Å². The quantitative estimate of drug-likeness (QED) is 0.370. The fourth-order valence-electron chi connectivity index (χ4n) is 2.27. The molecule has 114 valence electrons. The Hall–Kier alpha value is -0.813. The van der Waals surface area contributed by atoms with Crippen LogP contribution in [0.1, 0.15) is 31.7 Å². The Morgan fingerprint density at radius 3 is 2.15 bits per heavy atom. The molecule has 0 bridgehead atoms. The first-order chi connectivity index (χ1) is 9.35. The van der Waals surface area contributed by atoms with Crippen molar-refractivity contribution in [1.82, 2.24) is 0 Å². The number of hydrogen-bond donors (Lipinski definition) is 0. The van der Waals surface area contributed by atoms with Gasteiger partial charge in [0, 0.05) is 6.61 Å². The minimum Gasteiger partial charge on any atom is -0.418 e. The first-order valence-electron chi connectivity index (χ1n) is 7.13. The molecule has 0 fully saturated rings. The first kappa shape index (κ1) is 17.2. The standard InChI is InChI=1S/C15H23F3OSi/c1-4-19-20(2,3)9-7-5-6-8-12-10-13(16)15(18)14(17)11-12/h10-11H,4-9H2,1-3H3. The number of hydrogen-bond acceptors (Lipinski definition) is 1. The highest BCUT2D eigenvalue weighted by Gasteiger charge is 2.20. The minimum atomic E-state index is -1.53. The van der Waals surface area contributed by atoms with E-state index < -0.39 is 25.8 Å². The number of aryl methyl sites for hydroxylation is 1. The molecule has 0 spiro atoms. The second-order valence-electron chi connectivity index (χ2n) is 5.63. The lowest BCUT2D eigenvalue weighted by Gasteiger charge is -2.21. The van der Waals surface area contributed by atoms with E-state index in [1.807, 2.05) is 6.92 Å². The molecule has 0 heterocycles. The van der Waals surface area contributed by atoms with Crippen LogP contribution in [0.15, 0.2) is 12.1 Å². The molecule has 0 amide bonds. The van der Waals surface area contributed by atoms with Gasteiger partial charge in [0.25, 0.3) is 0 Å². The Morgan fingerprint density at radius 1 is 1.00 bits per heavy atom. The molecule has 20 heavy (non-hydrogen) atoms. The Kier molecular flexibility index (Phi) is 6.75. The maximum Gasteiger partial charge on any atom is 0.194 e. The molecular formula is C15H23F3OSi. The van der Waals surface area contributed by atoms with Crippen LogP contribution in [0.3, 0.4) is 0 Å². The van der Waals surface area contributed by atoms with Gasteiger partial charge in [0.1, 0.15) is 0 Å². The highest BCUT2D eigenvalue weighted by atomic mass is 28.4. The summed E-state index contributed by atoms with van der Waals surface area (Å²) in [7, 11) is -1.53. The predicted molar refractivity (Wildman–Crippen MR) is 77.8 cm³/mol. The van der Waals surface area contributed by atoms with E-state index in [4.69, 9.17) is 4.43 Å². The highest BCUT2D eigenvalue weighted by molar-refractivity contribution is 6.71. The molecule has 1 rings (SSSR count). The van der Waals surface area contributed by atoms with Crippen molar-refractivity contribution in [2.75, 3.05) is 6.61 Å². The van der Waals surface area contributed by atoms with E-state index in [1.165, 1.54) is 0 Å². The largest absolute Gasteiger partial charge is 0.418 e. The van der Waals surface area contributed by atoms with Gasteiger partial charge in [0.05, 0.1) is 0 Å². The van der Waals surface area contributed by atoms with Crippen molar-refractivity contribution in [1.29, 1.82) is 0 Å². The molecule has 0 unspecified atom stereocenters. The van der Waals surface area contributed by atoms with Gasteiger partial charge in [-0.15, -0.1) is 0 Å². The first-order valence-corrected chi connectivity index (χ1v) is 10.2. The molecule has 5 heteroatoms. The molecule has 0 saturated heterocycles. The number of benzene rings is 1. The minimum absolute atomic E-state index is 0.516. The number of halogens is 3. The fraction of sp³-hybridized carbons (Fsp3) is 0.600. The summed E-state index contributed by atoms with van der Waals surface area (Å²) in [5, 5.41) is 0. The summed E-state index contributed by atoms with van der Waals surface area (Å²) in [5.74, 6) is -3.60. The van der Waals surface area contributed by atoms with Gasteiger partial charge >= 0.3 is 0 Å². The van der Waals surface area contributed by atoms with Crippen molar-refractivity contribution < 1.29 is 17.6 Å². The molecule has 0 radical (unpaired) electrons. The van der Waals surface area contributed by atoms with E-state index in [0.717, 1.165) is 44.0 Å². The zero-order valence-corrected chi connectivity index (χ0v) is 13.4. The van der Waals surface area contributed by atoms with Crippen LogP contribution >= 0.6 is 0 Å². The average molecular weight is 304 g/mol. The fourth-order valence-corrected chi connectivity index (χ4v) is 4.30. The normalized spacial score (nSPS) is 11.9. The molecule has 0 aliphatic carbocycles. The van der Waals surface area contributed by atoms with Gasteiger partial charge in [-0.2, -0.15) is 0 Å². The Bertz CT molecular complexity index is 412. The zero-order chi connectivity index (χ0) is 15.2. The third-order valence-corrected chi connectivity index (χ3v) is 5.95. The summed E-state index contributed by atoms with van der Waals surface area (Å²) in [4.78, 5) is 0. The molecule has 0 N–H and O–H groups in total. The van der Waals surface area contributed by atoms with Gasteiger partial charge in [-0.3, -0.25) is 0 Å². The van der Waals surface area contributed by atoms with Gasteiger partial charge in [-0.05, 0) is 56.6 Å². The molecule has 0 aliphatic rings. The van der Waals surface area contributed by atoms with Crippen LogP contribution < -0.4 is 0 Å². The zero-order valence-electron chi connectivity index (χ0n) is 12.4.